The molecule has 2 rings (SSSR count). The van der Waals surface area contributed by atoms with Crippen LogP contribution in [0.5, 0.6) is 0 Å². The number of nitrogens with two attached hydrogens (primary N) is 1. The van der Waals surface area contributed by atoms with Gasteiger partial charge in [-0.25, -0.2) is 0 Å². The number of halogens is 1. The largest absolute Gasteiger partial charge is 0.329 e. The molecule has 2 unspecified atom stereocenters. The fourth-order valence-corrected chi connectivity index (χ4v) is 3.18. The fourth-order valence-electron chi connectivity index (χ4n) is 2.96. The van der Waals surface area contributed by atoms with Crippen LogP contribution in [0.2, 0.25) is 5.02 Å². The average molecular weight is 271 g/mol. The second-order valence-corrected chi connectivity index (χ2v) is 5.74. The molecule has 0 saturated carbocycles. The van der Waals surface area contributed by atoms with E-state index in [1.165, 1.54) is 12.8 Å². The van der Waals surface area contributed by atoms with Gasteiger partial charge in [0, 0.05) is 26.2 Å². The van der Waals surface area contributed by atoms with Gasteiger partial charge in [-0.05, 0) is 32.2 Å². The summed E-state index contributed by atoms with van der Waals surface area (Å²) in [5.74, 6) is 0.664. The predicted octanol–water partition coefficient (Wildman–Crippen LogP) is 1.94. The highest BCUT2D eigenvalue weighted by molar-refractivity contribution is 6.31. The Labute approximate surface area is 114 Å². The van der Waals surface area contributed by atoms with E-state index in [9.17, 15) is 0 Å². The van der Waals surface area contributed by atoms with Gasteiger partial charge in [-0.3, -0.25) is 9.58 Å². The maximum absolute atomic E-state index is 6.32. The Balaban J connectivity index is 2.16. The molecule has 1 aliphatic rings. The summed E-state index contributed by atoms with van der Waals surface area (Å²) in [6.45, 7) is 6.91. The van der Waals surface area contributed by atoms with Gasteiger partial charge in [0.2, 0.25) is 0 Å². The van der Waals surface area contributed by atoms with Gasteiger partial charge in [0.1, 0.15) is 0 Å². The van der Waals surface area contributed by atoms with E-state index < -0.39 is 0 Å². The summed E-state index contributed by atoms with van der Waals surface area (Å²) in [7, 11) is 1.96. The van der Waals surface area contributed by atoms with E-state index in [4.69, 9.17) is 17.3 Å². The van der Waals surface area contributed by atoms with Crippen molar-refractivity contribution in [1.29, 1.82) is 0 Å². The van der Waals surface area contributed by atoms with Crippen LogP contribution in [0.3, 0.4) is 0 Å². The van der Waals surface area contributed by atoms with Crippen LogP contribution >= 0.6 is 11.6 Å². The number of aryl methyl sites for hydroxylation is 2. The summed E-state index contributed by atoms with van der Waals surface area (Å²) in [4.78, 5) is 2.45. The van der Waals surface area contributed by atoms with E-state index in [1.807, 2.05) is 18.7 Å². The molecule has 1 fully saturated rings. The summed E-state index contributed by atoms with van der Waals surface area (Å²) >= 11 is 6.32. The number of likely N-dealkylation sites (tertiary alicyclic amines) is 1. The minimum atomic E-state index is 0.463. The lowest BCUT2D eigenvalue weighted by Gasteiger charge is -2.39. The lowest BCUT2D eigenvalue weighted by atomic mass is 9.90. The Bertz CT molecular complexity index is 415. The summed E-state index contributed by atoms with van der Waals surface area (Å²) in [6, 6.07) is 0.463. The molecule has 1 aliphatic heterocycles. The van der Waals surface area contributed by atoms with Gasteiger partial charge >= 0.3 is 0 Å². The van der Waals surface area contributed by atoms with Crippen LogP contribution in [0.25, 0.3) is 0 Å². The van der Waals surface area contributed by atoms with Crippen LogP contribution in [0.15, 0.2) is 0 Å². The Morgan fingerprint density at radius 3 is 2.78 bits per heavy atom. The molecule has 0 radical (unpaired) electrons. The Hall–Kier alpha value is -0.580. The van der Waals surface area contributed by atoms with E-state index >= 15 is 0 Å². The number of piperidine rings is 1. The van der Waals surface area contributed by atoms with E-state index in [1.54, 1.807) is 0 Å². The molecule has 18 heavy (non-hydrogen) atoms. The van der Waals surface area contributed by atoms with E-state index in [0.29, 0.717) is 12.0 Å². The monoisotopic (exact) mass is 270 g/mol. The molecule has 0 bridgehead atoms. The SMILES string of the molecule is Cc1nn(C)c(CN2CCCC(C)C2CN)c1Cl. The first-order valence-electron chi connectivity index (χ1n) is 6.66. The molecule has 1 aromatic heterocycles. The summed E-state index contributed by atoms with van der Waals surface area (Å²) < 4.78 is 1.89. The van der Waals surface area contributed by atoms with Crippen LogP contribution in [-0.4, -0.2) is 33.8 Å². The second-order valence-electron chi connectivity index (χ2n) is 5.36. The van der Waals surface area contributed by atoms with Crippen LogP contribution in [-0.2, 0) is 13.6 Å². The third-order valence-electron chi connectivity index (χ3n) is 4.09. The van der Waals surface area contributed by atoms with Gasteiger partial charge in [0.25, 0.3) is 0 Å². The highest BCUT2D eigenvalue weighted by atomic mass is 35.5. The third-order valence-corrected chi connectivity index (χ3v) is 4.58. The van der Waals surface area contributed by atoms with E-state index in [2.05, 4.69) is 16.9 Å². The summed E-state index contributed by atoms with van der Waals surface area (Å²) in [5.41, 5.74) is 7.93. The Kier molecular flexibility index (Phi) is 4.30. The van der Waals surface area contributed by atoms with Crippen molar-refractivity contribution in [2.24, 2.45) is 18.7 Å². The molecule has 4 nitrogen and oxygen atoms in total. The van der Waals surface area contributed by atoms with Crippen molar-refractivity contribution in [2.75, 3.05) is 13.1 Å². The molecule has 2 N–H and O–H groups in total. The van der Waals surface area contributed by atoms with Gasteiger partial charge in [-0.1, -0.05) is 18.5 Å². The lowest BCUT2D eigenvalue weighted by molar-refractivity contribution is 0.0965. The number of aromatic nitrogens is 2. The number of rotatable bonds is 3. The number of hydrogen-bond donors (Lipinski definition) is 1. The minimum absolute atomic E-state index is 0.463. The van der Waals surface area contributed by atoms with Crippen molar-refractivity contribution in [3.05, 3.63) is 16.4 Å². The molecule has 5 heteroatoms. The zero-order chi connectivity index (χ0) is 13.3. The van der Waals surface area contributed by atoms with Crippen LogP contribution in [0.1, 0.15) is 31.2 Å². The Morgan fingerprint density at radius 1 is 1.50 bits per heavy atom. The van der Waals surface area contributed by atoms with Gasteiger partial charge in [-0.15, -0.1) is 0 Å². The highest BCUT2D eigenvalue weighted by Crippen LogP contribution is 2.27. The van der Waals surface area contributed by atoms with Gasteiger partial charge < -0.3 is 5.73 Å². The van der Waals surface area contributed by atoms with Crippen LogP contribution < -0.4 is 5.73 Å². The molecule has 0 aliphatic carbocycles. The Morgan fingerprint density at radius 2 is 2.22 bits per heavy atom. The number of hydrogen-bond acceptors (Lipinski definition) is 3. The molecule has 0 amide bonds. The van der Waals surface area contributed by atoms with Crippen LogP contribution in [0, 0.1) is 12.8 Å². The maximum Gasteiger partial charge on any atom is 0.0860 e. The molecule has 0 spiro atoms. The lowest BCUT2D eigenvalue weighted by Crippen LogP contribution is -2.48. The normalized spacial score (nSPS) is 25.6. The van der Waals surface area contributed by atoms with Crippen molar-refractivity contribution >= 4 is 11.6 Å². The summed E-state index contributed by atoms with van der Waals surface area (Å²) in [6.07, 6.45) is 2.52. The van der Waals surface area contributed by atoms with Crippen molar-refractivity contribution in [3.8, 4) is 0 Å². The molecular weight excluding hydrogens is 248 g/mol. The smallest absolute Gasteiger partial charge is 0.0860 e. The zero-order valence-corrected chi connectivity index (χ0v) is 12.2. The average Bonchev–Trinajstić information content (AvgIpc) is 2.56. The third kappa shape index (κ3) is 2.56. The predicted molar refractivity (Wildman–Crippen MR) is 74.6 cm³/mol. The molecule has 102 valence electrons. The van der Waals surface area contributed by atoms with Crippen LogP contribution in [0.4, 0.5) is 0 Å². The van der Waals surface area contributed by atoms with Crippen molar-refractivity contribution in [1.82, 2.24) is 14.7 Å². The van der Waals surface area contributed by atoms with Crippen molar-refractivity contribution < 1.29 is 0 Å². The molecular formula is C13H23ClN4. The molecule has 2 atom stereocenters. The minimum Gasteiger partial charge on any atom is -0.329 e. The highest BCUT2D eigenvalue weighted by Gasteiger charge is 2.28. The van der Waals surface area contributed by atoms with Crippen molar-refractivity contribution in [3.63, 3.8) is 0 Å². The summed E-state index contributed by atoms with van der Waals surface area (Å²) in [5, 5.41) is 5.17. The fraction of sp³-hybridized carbons (Fsp3) is 0.769. The zero-order valence-electron chi connectivity index (χ0n) is 11.5. The second kappa shape index (κ2) is 5.59. The first-order valence-corrected chi connectivity index (χ1v) is 7.04. The molecule has 2 heterocycles. The first-order chi connectivity index (χ1) is 8.54. The van der Waals surface area contributed by atoms with E-state index in [-0.39, 0.29) is 0 Å². The number of nitrogens with zero attached hydrogens (tertiary/aromatic N) is 3. The first kappa shape index (κ1) is 13.8. The van der Waals surface area contributed by atoms with E-state index in [0.717, 1.165) is 36.0 Å². The van der Waals surface area contributed by atoms with Gasteiger partial charge in [0.15, 0.2) is 0 Å². The topological polar surface area (TPSA) is 47.1 Å². The molecule has 0 aromatic carbocycles. The maximum atomic E-state index is 6.32. The molecule has 1 aromatic rings. The van der Waals surface area contributed by atoms with Gasteiger partial charge in [0.05, 0.1) is 16.4 Å². The van der Waals surface area contributed by atoms with Gasteiger partial charge in [-0.2, -0.15) is 5.10 Å². The van der Waals surface area contributed by atoms with Crippen molar-refractivity contribution in [2.45, 2.75) is 39.3 Å². The molecule has 1 saturated heterocycles. The quantitative estimate of drug-likeness (QED) is 0.913. The standard InChI is InChI=1S/C13H23ClN4/c1-9-5-4-6-18(11(9)7-15)8-12-13(14)10(2)16-17(12)3/h9,11H,4-8,15H2,1-3H3.